The third kappa shape index (κ3) is 4.00. The molecule has 0 unspecified atom stereocenters. The van der Waals surface area contributed by atoms with Crippen LogP contribution in [0.1, 0.15) is 39.3 Å². The van der Waals surface area contributed by atoms with Crippen LogP contribution >= 0.6 is 0 Å². The summed E-state index contributed by atoms with van der Waals surface area (Å²) in [5.74, 6) is 1.52. The molecule has 3 rings (SSSR count). The molecule has 0 amide bonds. The van der Waals surface area contributed by atoms with E-state index in [0.29, 0.717) is 0 Å². The van der Waals surface area contributed by atoms with Gasteiger partial charge in [-0.25, -0.2) is 4.98 Å². The first-order chi connectivity index (χ1) is 11.4. The molecular weight excluding hydrogens is 300 g/mol. The molecule has 3 N–H and O–H groups in total. The van der Waals surface area contributed by atoms with E-state index in [9.17, 15) is 0 Å². The van der Waals surface area contributed by atoms with Crippen LogP contribution < -0.4 is 16.0 Å². The zero-order chi connectivity index (χ0) is 17.2. The van der Waals surface area contributed by atoms with Gasteiger partial charge < -0.3 is 16.0 Å². The van der Waals surface area contributed by atoms with Crippen LogP contribution in [0.15, 0.2) is 30.6 Å². The Morgan fingerprint density at radius 1 is 1.21 bits per heavy atom. The third-order valence-corrected chi connectivity index (χ3v) is 4.18. The lowest BCUT2D eigenvalue weighted by Gasteiger charge is -2.30. The first-order valence-corrected chi connectivity index (χ1v) is 8.49. The minimum absolute atomic E-state index is 0.0124. The fraction of sp³-hybridized carbons (Fsp3) is 0.500. The van der Waals surface area contributed by atoms with Crippen molar-refractivity contribution in [3.8, 4) is 0 Å². The van der Waals surface area contributed by atoms with Gasteiger partial charge in [-0.1, -0.05) is 20.8 Å². The average molecular weight is 326 g/mol. The summed E-state index contributed by atoms with van der Waals surface area (Å²) in [7, 11) is 0. The van der Waals surface area contributed by atoms with Gasteiger partial charge in [0.25, 0.3) is 0 Å². The van der Waals surface area contributed by atoms with Gasteiger partial charge >= 0.3 is 0 Å². The molecule has 0 aromatic carbocycles. The van der Waals surface area contributed by atoms with Crippen molar-refractivity contribution in [2.45, 2.75) is 45.1 Å². The predicted octanol–water partition coefficient (Wildman–Crippen LogP) is 2.84. The van der Waals surface area contributed by atoms with Gasteiger partial charge in [0.15, 0.2) is 0 Å². The lowest BCUT2D eigenvalue weighted by atomic mass is 9.91. The Morgan fingerprint density at radius 2 is 2.00 bits per heavy atom. The first kappa shape index (κ1) is 16.6. The van der Waals surface area contributed by atoms with Gasteiger partial charge in [-0.15, -0.1) is 0 Å². The number of anilines is 3. The number of rotatable bonds is 3. The van der Waals surface area contributed by atoms with Crippen molar-refractivity contribution < 1.29 is 0 Å². The van der Waals surface area contributed by atoms with E-state index in [4.69, 9.17) is 5.73 Å². The van der Waals surface area contributed by atoms with Crippen molar-refractivity contribution in [2.24, 2.45) is 5.73 Å². The van der Waals surface area contributed by atoms with E-state index in [1.54, 1.807) is 6.20 Å². The highest BCUT2D eigenvalue weighted by Gasteiger charge is 2.19. The largest absolute Gasteiger partial charge is 0.340 e. The second kappa shape index (κ2) is 6.73. The number of aromatic nitrogens is 3. The number of pyridine rings is 1. The molecule has 2 aromatic heterocycles. The summed E-state index contributed by atoms with van der Waals surface area (Å²) in [4.78, 5) is 15.7. The maximum absolute atomic E-state index is 6.06. The summed E-state index contributed by atoms with van der Waals surface area (Å²) in [6, 6.07) is 6.10. The van der Waals surface area contributed by atoms with Crippen molar-refractivity contribution in [1.82, 2.24) is 15.0 Å². The molecule has 1 saturated heterocycles. The minimum atomic E-state index is 0.0124. The molecule has 3 heterocycles. The summed E-state index contributed by atoms with van der Waals surface area (Å²) < 4.78 is 0. The summed E-state index contributed by atoms with van der Waals surface area (Å²) in [6.07, 6.45) is 5.77. The second-order valence-corrected chi connectivity index (χ2v) is 7.39. The zero-order valence-electron chi connectivity index (χ0n) is 14.7. The Balaban J connectivity index is 1.77. The average Bonchev–Trinajstić information content (AvgIpc) is 2.55. The predicted molar refractivity (Wildman–Crippen MR) is 97.7 cm³/mol. The van der Waals surface area contributed by atoms with Crippen molar-refractivity contribution in [3.05, 3.63) is 36.3 Å². The van der Waals surface area contributed by atoms with E-state index < -0.39 is 0 Å². The van der Waals surface area contributed by atoms with Crippen LogP contribution in [-0.4, -0.2) is 34.1 Å². The van der Waals surface area contributed by atoms with Gasteiger partial charge in [0.05, 0.1) is 0 Å². The fourth-order valence-corrected chi connectivity index (χ4v) is 2.83. The Morgan fingerprint density at radius 3 is 2.75 bits per heavy atom. The van der Waals surface area contributed by atoms with Gasteiger partial charge in [-0.05, 0) is 31.0 Å². The summed E-state index contributed by atoms with van der Waals surface area (Å²) in [6.45, 7) is 8.23. The van der Waals surface area contributed by atoms with Crippen LogP contribution in [0.5, 0.6) is 0 Å². The molecule has 1 atom stereocenters. The highest BCUT2D eigenvalue weighted by molar-refractivity contribution is 5.57. The van der Waals surface area contributed by atoms with Crippen LogP contribution in [-0.2, 0) is 5.41 Å². The van der Waals surface area contributed by atoms with Crippen molar-refractivity contribution >= 4 is 17.5 Å². The van der Waals surface area contributed by atoms with Gasteiger partial charge in [0, 0.05) is 48.3 Å². The molecule has 0 bridgehead atoms. The highest BCUT2D eigenvalue weighted by atomic mass is 15.3. The van der Waals surface area contributed by atoms with Crippen LogP contribution in [0.2, 0.25) is 0 Å². The molecule has 0 saturated carbocycles. The number of nitrogens with one attached hydrogen (secondary N) is 1. The smallest absolute Gasteiger partial charge is 0.227 e. The molecule has 1 fully saturated rings. The van der Waals surface area contributed by atoms with E-state index in [2.05, 4.69) is 52.0 Å². The maximum Gasteiger partial charge on any atom is 0.227 e. The van der Waals surface area contributed by atoms with E-state index in [-0.39, 0.29) is 11.5 Å². The maximum atomic E-state index is 6.06. The normalized spacial score (nSPS) is 18.5. The number of nitrogens with zero attached hydrogens (tertiary/aromatic N) is 4. The van der Waals surface area contributed by atoms with Crippen LogP contribution in [0.3, 0.4) is 0 Å². The van der Waals surface area contributed by atoms with E-state index >= 15 is 0 Å². The van der Waals surface area contributed by atoms with Crippen molar-refractivity contribution in [3.63, 3.8) is 0 Å². The fourth-order valence-electron chi connectivity index (χ4n) is 2.83. The molecule has 1 aliphatic heterocycles. The molecule has 0 radical (unpaired) electrons. The van der Waals surface area contributed by atoms with E-state index in [1.807, 2.05) is 18.3 Å². The number of hydrogen-bond donors (Lipinski definition) is 2. The molecule has 128 valence electrons. The Kier molecular flexibility index (Phi) is 4.66. The Hall–Kier alpha value is -2.21. The number of hydrogen-bond acceptors (Lipinski definition) is 6. The van der Waals surface area contributed by atoms with Crippen LogP contribution in [0.25, 0.3) is 0 Å². The van der Waals surface area contributed by atoms with Gasteiger partial charge in [-0.2, -0.15) is 4.98 Å². The quantitative estimate of drug-likeness (QED) is 0.903. The molecule has 6 heteroatoms. The van der Waals surface area contributed by atoms with Gasteiger partial charge in [-0.3, -0.25) is 4.98 Å². The molecule has 0 aliphatic carbocycles. The zero-order valence-corrected chi connectivity index (χ0v) is 14.7. The summed E-state index contributed by atoms with van der Waals surface area (Å²) >= 11 is 0. The monoisotopic (exact) mass is 326 g/mol. The molecular formula is C18H26N6. The third-order valence-electron chi connectivity index (χ3n) is 4.18. The van der Waals surface area contributed by atoms with Crippen LogP contribution in [0, 0.1) is 0 Å². The first-order valence-electron chi connectivity index (χ1n) is 8.49. The minimum Gasteiger partial charge on any atom is -0.340 e. The molecule has 6 nitrogen and oxygen atoms in total. The number of nitrogens with two attached hydrogens (primary N) is 1. The van der Waals surface area contributed by atoms with Gasteiger partial charge in [0.1, 0.15) is 5.82 Å². The lowest BCUT2D eigenvalue weighted by Crippen LogP contribution is -2.43. The van der Waals surface area contributed by atoms with Crippen molar-refractivity contribution in [1.29, 1.82) is 0 Å². The number of piperidine rings is 1. The standard InChI is InChI=1S/C18H26N6/c1-18(2,3)15-11-14(6-8-20-15)22-16-7-9-21-17(23-16)24-10-4-5-13(19)12-24/h6-9,11,13H,4-5,10,12,19H2,1-3H3,(H,20,21,22,23)/t13-/m0/s1. The van der Waals surface area contributed by atoms with E-state index in [0.717, 1.165) is 49.1 Å². The summed E-state index contributed by atoms with van der Waals surface area (Å²) in [5, 5.41) is 3.36. The lowest BCUT2D eigenvalue weighted by molar-refractivity contribution is 0.500. The van der Waals surface area contributed by atoms with Crippen LogP contribution in [0.4, 0.5) is 17.5 Å². The topological polar surface area (TPSA) is 80.0 Å². The molecule has 1 aliphatic rings. The molecule has 0 spiro atoms. The SMILES string of the molecule is CC(C)(C)c1cc(Nc2ccnc(N3CCC[C@H](N)C3)n2)ccn1. The van der Waals surface area contributed by atoms with Gasteiger partial charge in [0.2, 0.25) is 5.95 Å². The summed E-state index contributed by atoms with van der Waals surface area (Å²) in [5.41, 5.74) is 8.10. The Bertz CT molecular complexity index is 694. The molecule has 24 heavy (non-hydrogen) atoms. The Labute approximate surface area is 143 Å². The second-order valence-electron chi connectivity index (χ2n) is 7.39. The highest BCUT2D eigenvalue weighted by Crippen LogP contribution is 2.24. The molecule has 2 aromatic rings. The van der Waals surface area contributed by atoms with Crippen molar-refractivity contribution in [2.75, 3.05) is 23.3 Å². The van der Waals surface area contributed by atoms with E-state index in [1.165, 1.54) is 0 Å².